The minimum atomic E-state index is -0.128. The van der Waals surface area contributed by atoms with E-state index in [4.69, 9.17) is 11.6 Å². The number of nitrogens with one attached hydrogen (secondary N) is 1. The molecule has 1 amide bonds. The average Bonchev–Trinajstić information content (AvgIpc) is 2.47. The molecule has 2 aromatic heterocycles. The quantitative estimate of drug-likeness (QED) is 0.805. The Labute approximate surface area is 126 Å². The second kappa shape index (κ2) is 5.89. The van der Waals surface area contributed by atoms with Gasteiger partial charge >= 0.3 is 0 Å². The lowest BCUT2D eigenvalue weighted by atomic mass is 10.1. The highest BCUT2D eigenvalue weighted by Gasteiger charge is 2.07. The first-order valence-corrected chi connectivity index (χ1v) is 6.82. The Morgan fingerprint density at radius 2 is 1.90 bits per heavy atom. The van der Waals surface area contributed by atoms with E-state index < -0.39 is 0 Å². The average molecular weight is 298 g/mol. The number of pyridine rings is 2. The van der Waals surface area contributed by atoms with Gasteiger partial charge in [-0.25, -0.2) is 0 Å². The van der Waals surface area contributed by atoms with Gasteiger partial charge in [0.15, 0.2) is 0 Å². The van der Waals surface area contributed by atoms with Crippen molar-refractivity contribution in [2.45, 2.75) is 6.42 Å². The lowest BCUT2D eigenvalue weighted by Crippen LogP contribution is -2.15. The second-order valence-corrected chi connectivity index (χ2v) is 5.08. The van der Waals surface area contributed by atoms with Crippen molar-refractivity contribution in [2.75, 3.05) is 5.32 Å². The van der Waals surface area contributed by atoms with Gasteiger partial charge in [0.25, 0.3) is 0 Å². The third-order valence-corrected chi connectivity index (χ3v) is 3.28. The molecule has 0 atom stereocenters. The summed E-state index contributed by atoms with van der Waals surface area (Å²) in [6.07, 6.45) is 6.81. The van der Waals surface area contributed by atoms with Crippen LogP contribution in [0, 0.1) is 0 Å². The lowest BCUT2D eigenvalue weighted by Gasteiger charge is -2.08. The van der Waals surface area contributed by atoms with Gasteiger partial charge in [-0.05, 0) is 11.6 Å². The van der Waals surface area contributed by atoms with Gasteiger partial charge in [-0.3, -0.25) is 14.8 Å². The van der Waals surface area contributed by atoms with Crippen molar-refractivity contribution >= 4 is 34.0 Å². The van der Waals surface area contributed by atoms with Crippen molar-refractivity contribution < 1.29 is 4.79 Å². The van der Waals surface area contributed by atoms with E-state index in [0.717, 1.165) is 16.3 Å². The number of aromatic nitrogens is 2. The molecule has 0 saturated heterocycles. The highest BCUT2D eigenvalue weighted by molar-refractivity contribution is 6.30. The third kappa shape index (κ3) is 3.17. The number of nitrogens with zero attached hydrogens (tertiary/aromatic N) is 2. The zero-order valence-corrected chi connectivity index (χ0v) is 11.8. The molecule has 0 bridgehead atoms. The van der Waals surface area contributed by atoms with E-state index in [1.165, 1.54) is 6.20 Å². The van der Waals surface area contributed by atoms with Crippen molar-refractivity contribution in [3.8, 4) is 0 Å². The van der Waals surface area contributed by atoms with Crippen molar-refractivity contribution in [2.24, 2.45) is 0 Å². The van der Waals surface area contributed by atoms with Crippen LogP contribution in [0.5, 0.6) is 0 Å². The van der Waals surface area contributed by atoms with Crippen LogP contribution < -0.4 is 5.32 Å². The van der Waals surface area contributed by atoms with Crippen molar-refractivity contribution in [3.05, 3.63) is 65.7 Å². The molecule has 3 aromatic rings. The van der Waals surface area contributed by atoms with Crippen molar-refractivity contribution in [1.29, 1.82) is 0 Å². The van der Waals surface area contributed by atoms with Gasteiger partial charge in [-0.2, -0.15) is 0 Å². The Hall–Kier alpha value is -2.46. The van der Waals surface area contributed by atoms with E-state index in [1.54, 1.807) is 24.7 Å². The van der Waals surface area contributed by atoms with Crippen molar-refractivity contribution in [3.63, 3.8) is 0 Å². The predicted octanol–water partition coefficient (Wildman–Crippen LogP) is 3.46. The van der Waals surface area contributed by atoms with Gasteiger partial charge < -0.3 is 5.32 Å². The number of amides is 1. The molecule has 104 valence electrons. The van der Waals surface area contributed by atoms with Crippen LogP contribution in [-0.4, -0.2) is 15.9 Å². The number of anilines is 1. The molecule has 4 nitrogen and oxygen atoms in total. The van der Waals surface area contributed by atoms with Gasteiger partial charge in [-0.1, -0.05) is 35.9 Å². The summed E-state index contributed by atoms with van der Waals surface area (Å²) < 4.78 is 0. The summed E-state index contributed by atoms with van der Waals surface area (Å²) >= 11 is 5.86. The van der Waals surface area contributed by atoms with E-state index in [9.17, 15) is 4.79 Å². The minimum absolute atomic E-state index is 0.128. The largest absolute Gasteiger partial charge is 0.324 e. The number of halogens is 1. The first kappa shape index (κ1) is 13.5. The van der Waals surface area contributed by atoms with Crippen LogP contribution in [-0.2, 0) is 11.2 Å². The molecule has 0 aliphatic rings. The zero-order chi connectivity index (χ0) is 14.7. The third-order valence-electron chi connectivity index (χ3n) is 3.07. The summed E-state index contributed by atoms with van der Waals surface area (Å²) in [6, 6.07) is 9.51. The van der Waals surface area contributed by atoms with E-state index in [-0.39, 0.29) is 12.3 Å². The molecule has 0 spiro atoms. The second-order valence-electron chi connectivity index (χ2n) is 4.64. The molecular formula is C16H12ClN3O. The summed E-state index contributed by atoms with van der Waals surface area (Å²) in [5, 5.41) is 5.35. The summed E-state index contributed by atoms with van der Waals surface area (Å²) in [6.45, 7) is 0. The number of rotatable bonds is 3. The van der Waals surface area contributed by atoms with E-state index in [0.29, 0.717) is 10.7 Å². The number of carbonyl (C=O) groups excluding carboxylic acids is 1. The van der Waals surface area contributed by atoms with Crippen LogP contribution in [0.3, 0.4) is 0 Å². The number of hydrogen-bond acceptors (Lipinski definition) is 3. The fourth-order valence-corrected chi connectivity index (χ4v) is 2.34. The summed E-state index contributed by atoms with van der Waals surface area (Å²) in [4.78, 5) is 20.2. The maximum atomic E-state index is 12.1. The van der Waals surface area contributed by atoms with E-state index in [2.05, 4.69) is 15.3 Å². The number of benzene rings is 1. The Balaban J connectivity index is 1.80. The molecule has 2 heterocycles. The molecule has 5 heteroatoms. The normalized spacial score (nSPS) is 10.5. The molecule has 0 saturated carbocycles. The Morgan fingerprint density at radius 3 is 2.76 bits per heavy atom. The fourth-order valence-electron chi connectivity index (χ4n) is 2.15. The van der Waals surface area contributed by atoms with Crippen LogP contribution in [0.2, 0.25) is 5.02 Å². The summed E-state index contributed by atoms with van der Waals surface area (Å²) in [7, 11) is 0. The monoisotopic (exact) mass is 297 g/mol. The van der Waals surface area contributed by atoms with Crippen molar-refractivity contribution in [1.82, 2.24) is 9.97 Å². The van der Waals surface area contributed by atoms with Gasteiger partial charge in [0, 0.05) is 29.4 Å². The van der Waals surface area contributed by atoms with Crippen LogP contribution >= 0.6 is 11.6 Å². The smallest absolute Gasteiger partial charge is 0.228 e. The number of fused-ring (bicyclic) bond motifs is 1. The Morgan fingerprint density at radius 1 is 1.10 bits per heavy atom. The maximum absolute atomic E-state index is 12.1. The summed E-state index contributed by atoms with van der Waals surface area (Å²) in [5.74, 6) is -0.128. The highest BCUT2D eigenvalue weighted by atomic mass is 35.5. The lowest BCUT2D eigenvalue weighted by molar-refractivity contribution is -0.115. The SMILES string of the molecule is O=C(Cc1cncc(Cl)c1)Nc1cncc2ccccc12. The number of carbonyl (C=O) groups is 1. The maximum Gasteiger partial charge on any atom is 0.228 e. The van der Waals surface area contributed by atoms with Crippen LogP contribution in [0.25, 0.3) is 10.8 Å². The molecule has 0 aliphatic carbocycles. The molecule has 0 unspecified atom stereocenters. The van der Waals surface area contributed by atoms with E-state index >= 15 is 0 Å². The fraction of sp³-hybridized carbons (Fsp3) is 0.0625. The Bertz CT molecular complexity index is 799. The van der Waals surface area contributed by atoms with Crippen LogP contribution in [0.4, 0.5) is 5.69 Å². The molecule has 0 aliphatic heterocycles. The van der Waals surface area contributed by atoms with Gasteiger partial charge in [0.2, 0.25) is 5.91 Å². The van der Waals surface area contributed by atoms with Crippen LogP contribution in [0.1, 0.15) is 5.56 Å². The molecule has 0 fully saturated rings. The first-order chi connectivity index (χ1) is 10.2. The molecule has 1 N–H and O–H groups in total. The van der Waals surface area contributed by atoms with Gasteiger partial charge in [-0.15, -0.1) is 0 Å². The molecule has 21 heavy (non-hydrogen) atoms. The van der Waals surface area contributed by atoms with Gasteiger partial charge in [0.1, 0.15) is 0 Å². The molecule has 0 radical (unpaired) electrons. The topological polar surface area (TPSA) is 54.9 Å². The molecule has 1 aromatic carbocycles. The number of hydrogen-bond donors (Lipinski definition) is 1. The summed E-state index contributed by atoms with van der Waals surface area (Å²) in [5.41, 5.74) is 1.47. The van der Waals surface area contributed by atoms with Gasteiger partial charge in [0.05, 0.1) is 23.3 Å². The highest BCUT2D eigenvalue weighted by Crippen LogP contribution is 2.21. The Kier molecular flexibility index (Phi) is 3.79. The molecule has 3 rings (SSSR count). The van der Waals surface area contributed by atoms with E-state index in [1.807, 2.05) is 24.3 Å². The van der Waals surface area contributed by atoms with Crippen LogP contribution in [0.15, 0.2) is 55.1 Å². The predicted molar refractivity (Wildman–Crippen MR) is 83.3 cm³/mol. The minimum Gasteiger partial charge on any atom is -0.324 e. The zero-order valence-electron chi connectivity index (χ0n) is 11.1. The standard InChI is InChI=1S/C16H12ClN3O/c17-13-5-11(7-18-9-13)6-16(21)20-15-10-19-8-12-3-1-2-4-14(12)15/h1-5,7-10H,6H2,(H,20,21). The first-order valence-electron chi connectivity index (χ1n) is 6.44. The molecular weight excluding hydrogens is 286 g/mol.